The molecule has 2 heterocycles. The first-order chi connectivity index (χ1) is 14.6. The van der Waals surface area contributed by atoms with E-state index in [2.05, 4.69) is 35.8 Å². The third-order valence-corrected chi connectivity index (χ3v) is 7.85. The van der Waals surface area contributed by atoms with Crippen LogP contribution in [-0.2, 0) is 21.3 Å². The van der Waals surface area contributed by atoms with Crippen LogP contribution in [-0.4, -0.2) is 54.3 Å². The van der Waals surface area contributed by atoms with Gasteiger partial charge in [0, 0.05) is 25.4 Å². The normalized spacial score (nSPS) is 15.9. The minimum absolute atomic E-state index is 0.290. The van der Waals surface area contributed by atoms with Gasteiger partial charge in [0.15, 0.2) is 5.16 Å². The molecule has 1 aromatic heterocycles. The molecule has 8 heteroatoms. The SMILES string of the molecule is CCn1c(SCC=Cc2ccccc2)nc2cc(S(=O)(=O)N3CCOCC3)ccc21. The van der Waals surface area contributed by atoms with E-state index in [0.717, 1.165) is 23.0 Å². The van der Waals surface area contributed by atoms with E-state index in [1.165, 1.54) is 9.87 Å². The number of thioether (sulfide) groups is 1. The van der Waals surface area contributed by atoms with Crippen molar-refractivity contribution in [3.63, 3.8) is 0 Å². The summed E-state index contributed by atoms with van der Waals surface area (Å²) in [6.45, 7) is 4.49. The van der Waals surface area contributed by atoms with Crippen molar-refractivity contribution in [2.45, 2.75) is 23.5 Å². The summed E-state index contributed by atoms with van der Waals surface area (Å²) in [5.74, 6) is 0.789. The summed E-state index contributed by atoms with van der Waals surface area (Å²) in [4.78, 5) is 5.02. The summed E-state index contributed by atoms with van der Waals surface area (Å²) < 4.78 is 34.8. The van der Waals surface area contributed by atoms with E-state index in [1.54, 1.807) is 23.9 Å². The second kappa shape index (κ2) is 9.34. The number of rotatable bonds is 7. The molecule has 3 aromatic rings. The number of morpholine rings is 1. The number of benzene rings is 2. The largest absolute Gasteiger partial charge is 0.379 e. The van der Waals surface area contributed by atoms with E-state index >= 15 is 0 Å². The molecule has 0 atom stereocenters. The summed E-state index contributed by atoms with van der Waals surface area (Å²) in [6.07, 6.45) is 4.21. The summed E-state index contributed by atoms with van der Waals surface area (Å²) in [6, 6.07) is 15.4. The fourth-order valence-corrected chi connectivity index (χ4v) is 5.79. The molecule has 0 bridgehead atoms. The van der Waals surface area contributed by atoms with Crippen LogP contribution in [0.25, 0.3) is 17.1 Å². The van der Waals surface area contributed by atoms with Gasteiger partial charge in [0.2, 0.25) is 10.0 Å². The first kappa shape index (κ1) is 21.1. The topological polar surface area (TPSA) is 64.4 Å². The molecule has 1 fully saturated rings. The van der Waals surface area contributed by atoms with E-state index in [-0.39, 0.29) is 4.90 Å². The molecule has 0 radical (unpaired) electrons. The number of aryl methyl sites for hydroxylation is 1. The van der Waals surface area contributed by atoms with Gasteiger partial charge in [0.05, 0.1) is 29.1 Å². The Morgan fingerprint density at radius 2 is 1.90 bits per heavy atom. The van der Waals surface area contributed by atoms with Crippen molar-refractivity contribution in [3.05, 3.63) is 60.2 Å². The minimum Gasteiger partial charge on any atom is -0.379 e. The molecule has 1 saturated heterocycles. The Kier molecular flexibility index (Phi) is 6.58. The van der Waals surface area contributed by atoms with Crippen molar-refractivity contribution < 1.29 is 13.2 Å². The summed E-state index contributed by atoms with van der Waals surface area (Å²) in [5.41, 5.74) is 2.83. The van der Waals surface area contributed by atoms with Gasteiger partial charge in [-0.1, -0.05) is 54.2 Å². The van der Waals surface area contributed by atoms with Crippen molar-refractivity contribution in [1.29, 1.82) is 0 Å². The molecule has 1 aliphatic heterocycles. The highest BCUT2D eigenvalue weighted by Crippen LogP contribution is 2.27. The van der Waals surface area contributed by atoms with Crippen LogP contribution < -0.4 is 0 Å². The maximum atomic E-state index is 13.0. The van der Waals surface area contributed by atoms with E-state index in [9.17, 15) is 8.42 Å². The van der Waals surface area contributed by atoms with Crippen LogP contribution in [0.2, 0.25) is 0 Å². The molecule has 4 rings (SSSR count). The van der Waals surface area contributed by atoms with Crippen LogP contribution in [0, 0.1) is 0 Å². The van der Waals surface area contributed by atoms with E-state index < -0.39 is 10.0 Å². The average molecular weight is 444 g/mol. The Morgan fingerprint density at radius 3 is 2.63 bits per heavy atom. The van der Waals surface area contributed by atoms with Gasteiger partial charge in [0.25, 0.3) is 0 Å². The highest BCUT2D eigenvalue weighted by atomic mass is 32.2. The third kappa shape index (κ3) is 4.46. The maximum absolute atomic E-state index is 13.0. The van der Waals surface area contributed by atoms with E-state index in [1.807, 2.05) is 24.3 Å². The number of sulfonamides is 1. The van der Waals surface area contributed by atoms with Crippen molar-refractivity contribution in [2.24, 2.45) is 0 Å². The number of nitrogens with zero attached hydrogens (tertiary/aromatic N) is 3. The fourth-order valence-electron chi connectivity index (χ4n) is 3.47. The second-order valence-electron chi connectivity index (χ2n) is 6.93. The van der Waals surface area contributed by atoms with Gasteiger partial charge in [-0.05, 0) is 30.7 Å². The predicted octanol–water partition coefficient (Wildman–Crippen LogP) is 3.88. The molecule has 2 aromatic carbocycles. The Hall–Kier alpha value is -2.13. The zero-order valence-corrected chi connectivity index (χ0v) is 18.5. The molecular formula is C22H25N3O3S2. The highest BCUT2D eigenvalue weighted by molar-refractivity contribution is 7.99. The number of imidazole rings is 1. The standard InChI is InChI=1S/C22H25N3O3S2/c1-2-25-21-11-10-19(30(26,27)24-12-14-28-15-13-24)17-20(21)23-22(25)29-16-6-9-18-7-4-3-5-8-18/h3-11,17H,2,12-16H2,1H3. The molecule has 158 valence electrons. The molecule has 1 aliphatic rings. The van der Waals surface area contributed by atoms with Crippen LogP contribution in [0.3, 0.4) is 0 Å². The van der Waals surface area contributed by atoms with Crippen LogP contribution in [0.4, 0.5) is 0 Å². The van der Waals surface area contributed by atoms with Crippen LogP contribution >= 0.6 is 11.8 Å². The molecule has 0 aliphatic carbocycles. The summed E-state index contributed by atoms with van der Waals surface area (Å²) in [7, 11) is -3.53. The quantitative estimate of drug-likeness (QED) is 0.519. The van der Waals surface area contributed by atoms with Gasteiger partial charge in [-0.25, -0.2) is 13.4 Å². The van der Waals surface area contributed by atoms with Gasteiger partial charge in [-0.15, -0.1) is 0 Å². The van der Waals surface area contributed by atoms with Gasteiger partial charge in [-0.3, -0.25) is 0 Å². The van der Waals surface area contributed by atoms with Crippen LogP contribution in [0.5, 0.6) is 0 Å². The van der Waals surface area contributed by atoms with Crippen molar-refractivity contribution in [2.75, 3.05) is 32.1 Å². The lowest BCUT2D eigenvalue weighted by Crippen LogP contribution is -2.40. The summed E-state index contributed by atoms with van der Waals surface area (Å²) in [5, 5.41) is 0.895. The van der Waals surface area contributed by atoms with Crippen molar-refractivity contribution >= 4 is 38.9 Å². The van der Waals surface area contributed by atoms with Crippen LogP contribution in [0.1, 0.15) is 12.5 Å². The Morgan fingerprint density at radius 1 is 1.13 bits per heavy atom. The molecule has 6 nitrogen and oxygen atoms in total. The van der Waals surface area contributed by atoms with Gasteiger partial charge in [-0.2, -0.15) is 4.31 Å². The monoisotopic (exact) mass is 443 g/mol. The number of aromatic nitrogens is 2. The number of hydrogen-bond donors (Lipinski definition) is 0. The molecule has 0 N–H and O–H groups in total. The first-order valence-electron chi connectivity index (χ1n) is 10.0. The Bertz CT molecular complexity index is 1140. The average Bonchev–Trinajstić information content (AvgIpc) is 3.14. The Labute approximate surface area is 181 Å². The highest BCUT2D eigenvalue weighted by Gasteiger charge is 2.27. The lowest BCUT2D eigenvalue weighted by atomic mass is 10.2. The zero-order valence-electron chi connectivity index (χ0n) is 16.9. The zero-order chi connectivity index (χ0) is 21.0. The molecule has 0 unspecified atom stereocenters. The molecule has 30 heavy (non-hydrogen) atoms. The fraction of sp³-hybridized carbons (Fsp3) is 0.318. The van der Waals surface area contributed by atoms with Gasteiger partial charge < -0.3 is 9.30 Å². The number of ether oxygens (including phenoxy) is 1. The van der Waals surface area contributed by atoms with E-state index in [4.69, 9.17) is 9.72 Å². The van der Waals surface area contributed by atoms with E-state index in [0.29, 0.717) is 31.8 Å². The van der Waals surface area contributed by atoms with Crippen LogP contribution in [0.15, 0.2) is 64.7 Å². The third-order valence-electron chi connectivity index (χ3n) is 5.03. The molecule has 0 spiro atoms. The van der Waals surface area contributed by atoms with Gasteiger partial charge >= 0.3 is 0 Å². The lowest BCUT2D eigenvalue weighted by molar-refractivity contribution is 0.0730. The number of hydrogen-bond acceptors (Lipinski definition) is 5. The summed E-state index contributed by atoms with van der Waals surface area (Å²) >= 11 is 1.65. The Balaban J connectivity index is 1.55. The smallest absolute Gasteiger partial charge is 0.243 e. The minimum atomic E-state index is -3.53. The van der Waals surface area contributed by atoms with Crippen molar-refractivity contribution in [1.82, 2.24) is 13.9 Å². The predicted molar refractivity (Wildman–Crippen MR) is 121 cm³/mol. The van der Waals surface area contributed by atoms with Gasteiger partial charge in [0.1, 0.15) is 0 Å². The first-order valence-corrected chi connectivity index (χ1v) is 12.4. The number of fused-ring (bicyclic) bond motifs is 1. The molecule has 0 amide bonds. The maximum Gasteiger partial charge on any atom is 0.243 e. The molecule has 0 saturated carbocycles. The molecular weight excluding hydrogens is 418 g/mol. The lowest BCUT2D eigenvalue weighted by Gasteiger charge is -2.26. The second-order valence-corrected chi connectivity index (χ2v) is 9.85. The van der Waals surface area contributed by atoms with Crippen molar-refractivity contribution in [3.8, 4) is 0 Å².